The fourth-order valence-electron chi connectivity index (χ4n) is 0.839. The zero-order valence-electron chi connectivity index (χ0n) is 7.36. The molecule has 0 atom stereocenters. The molecule has 13 heavy (non-hydrogen) atoms. The van der Waals surface area contributed by atoms with Crippen LogP contribution in [-0.4, -0.2) is 13.1 Å². The van der Waals surface area contributed by atoms with Crippen LogP contribution in [0.25, 0.3) is 6.08 Å². The maximum absolute atomic E-state index is 10.7. The Morgan fingerprint density at radius 3 is 2.54 bits per heavy atom. The van der Waals surface area contributed by atoms with Crippen molar-refractivity contribution in [2.75, 3.05) is 12.8 Å². The van der Waals surface area contributed by atoms with Crippen LogP contribution in [0, 0.1) is 0 Å². The van der Waals surface area contributed by atoms with Gasteiger partial charge in [-0.2, -0.15) is 0 Å². The van der Waals surface area contributed by atoms with Gasteiger partial charge in [0.25, 0.3) is 0 Å². The zero-order valence-corrected chi connectivity index (χ0v) is 7.36. The Kier molecular flexibility index (Phi) is 3.09. The quantitative estimate of drug-likeness (QED) is 0.422. The molecule has 0 spiro atoms. The van der Waals surface area contributed by atoms with E-state index in [1.165, 1.54) is 13.2 Å². The standard InChI is InChI=1S/C10H11NO2/c1-13-10(12)7-4-8-2-5-9(11)6-3-8/h2-7H,11H2,1H3/b7-4+. The van der Waals surface area contributed by atoms with E-state index in [0.717, 1.165) is 5.56 Å². The molecule has 0 unspecified atom stereocenters. The molecule has 2 N–H and O–H groups in total. The maximum Gasteiger partial charge on any atom is 0.330 e. The number of anilines is 1. The van der Waals surface area contributed by atoms with Crippen LogP contribution in [0.15, 0.2) is 30.3 Å². The van der Waals surface area contributed by atoms with Gasteiger partial charge in [-0.1, -0.05) is 12.1 Å². The van der Waals surface area contributed by atoms with Gasteiger partial charge in [0, 0.05) is 11.8 Å². The number of benzene rings is 1. The first-order valence-electron chi connectivity index (χ1n) is 3.84. The van der Waals surface area contributed by atoms with E-state index in [9.17, 15) is 4.79 Å². The van der Waals surface area contributed by atoms with Crippen LogP contribution >= 0.6 is 0 Å². The van der Waals surface area contributed by atoms with Crippen LogP contribution < -0.4 is 5.73 Å². The zero-order chi connectivity index (χ0) is 9.68. The minimum Gasteiger partial charge on any atom is -0.466 e. The molecular weight excluding hydrogens is 166 g/mol. The number of hydrogen-bond acceptors (Lipinski definition) is 3. The van der Waals surface area contributed by atoms with Gasteiger partial charge in [-0.25, -0.2) is 4.79 Å². The molecular formula is C10H11NO2. The fraction of sp³-hybridized carbons (Fsp3) is 0.100. The summed E-state index contributed by atoms with van der Waals surface area (Å²) in [7, 11) is 1.34. The molecule has 0 radical (unpaired) electrons. The first-order valence-corrected chi connectivity index (χ1v) is 3.84. The van der Waals surface area contributed by atoms with E-state index in [1.807, 2.05) is 12.1 Å². The summed E-state index contributed by atoms with van der Waals surface area (Å²) >= 11 is 0. The summed E-state index contributed by atoms with van der Waals surface area (Å²) in [6.07, 6.45) is 3.04. The predicted octanol–water partition coefficient (Wildman–Crippen LogP) is 1.45. The Labute approximate surface area is 76.8 Å². The minimum absolute atomic E-state index is 0.364. The maximum atomic E-state index is 10.7. The highest BCUT2D eigenvalue weighted by Crippen LogP contribution is 2.06. The van der Waals surface area contributed by atoms with E-state index >= 15 is 0 Å². The van der Waals surface area contributed by atoms with E-state index < -0.39 is 0 Å². The average molecular weight is 177 g/mol. The molecule has 0 aliphatic carbocycles. The normalized spacial score (nSPS) is 10.2. The molecule has 0 aromatic heterocycles. The summed E-state index contributed by atoms with van der Waals surface area (Å²) in [6, 6.07) is 7.21. The third-order valence-corrected chi connectivity index (χ3v) is 1.55. The van der Waals surface area contributed by atoms with Crippen LogP contribution in [0.3, 0.4) is 0 Å². The van der Waals surface area contributed by atoms with Crippen molar-refractivity contribution in [1.82, 2.24) is 0 Å². The Hall–Kier alpha value is -1.77. The second kappa shape index (κ2) is 4.30. The number of nitrogen functional groups attached to an aromatic ring is 1. The topological polar surface area (TPSA) is 52.3 Å². The summed E-state index contributed by atoms with van der Waals surface area (Å²) < 4.78 is 4.45. The van der Waals surface area contributed by atoms with Crippen molar-refractivity contribution in [2.24, 2.45) is 0 Å². The molecule has 0 saturated carbocycles. The predicted molar refractivity (Wildman–Crippen MR) is 51.9 cm³/mol. The number of carbonyl (C=O) groups excluding carboxylic acids is 1. The third kappa shape index (κ3) is 2.99. The van der Waals surface area contributed by atoms with Crippen molar-refractivity contribution < 1.29 is 9.53 Å². The second-order valence-electron chi connectivity index (χ2n) is 2.52. The van der Waals surface area contributed by atoms with Gasteiger partial charge in [-0.3, -0.25) is 0 Å². The van der Waals surface area contributed by atoms with Gasteiger partial charge in [0.1, 0.15) is 0 Å². The highest BCUT2D eigenvalue weighted by Gasteiger charge is 1.91. The molecule has 3 nitrogen and oxygen atoms in total. The molecule has 0 fully saturated rings. The third-order valence-electron chi connectivity index (χ3n) is 1.55. The number of hydrogen-bond donors (Lipinski definition) is 1. The number of rotatable bonds is 2. The molecule has 0 bridgehead atoms. The Morgan fingerprint density at radius 2 is 2.00 bits per heavy atom. The summed E-state index contributed by atoms with van der Waals surface area (Å²) in [4.78, 5) is 10.7. The van der Waals surface area contributed by atoms with Crippen LogP contribution in [0.4, 0.5) is 5.69 Å². The number of carbonyl (C=O) groups is 1. The number of ether oxygens (including phenoxy) is 1. The molecule has 0 heterocycles. The van der Waals surface area contributed by atoms with Crippen molar-refractivity contribution in [3.05, 3.63) is 35.9 Å². The molecule has 1 aromatic rings. The molecule has 0 saturated heterocycles. The van der Waals surface area contributed by atoms with E-state index in [2.05, 4.69) is 4.74 Å². The SMILES string of the molecule is COC(=O)/C=C/c1ccc(N)cc1. The fourth-order valence-corrected chi connectivity index (χ4v) is 0.839. The number of esters is 1. The monoisotopic (exact) mass is 177 g/mol. The lowest BCUT2D eigenvalue weighted by Gasteiger charge is -1.94. The van der Waals surface area contributed by atoms with Crippen molar-refractivity contribution in [3.8, 4) is 0 Å². The minimum atomic E-state index is -0.364. The Morgan fingerprint density at radius 1 is 1.38 bits per heavy atom. The molecule has 1 aromatic carbocycles. The van der Waals surface area contributed by atoms with Gasteiger partial charge < -0.3 is 10.5 Å². The van der Waals surface area contributed by atoms with Gasteiger partial charge in [-0.05, 0) is 23.8 Å². The van der Waals surface area contributed by atoms with Gasteiger partial charge >= 0.3 is 5.97 Å². The highest BCUT2D eigenvalue weighted by molar-refractivity contribution is 5.86. The molecule has 0 aliphatic rings. The Balaban J connectivity index is 2.69. The van der Waals surface area contributed by atoms with Crippen LogP contribution in [0.1, 0.15) is 5.56 Å². The van der Waals surface area contributed by atoms with E-state index in [1.54, 1.807) is 18.2 Å². The molecule has 1 rings (SSSR count). The van der Waals surface area contributed by atoms with E-state index in [0.29, 0.717) is 5.69 Å². The summed E-state index contributed by atoms with van der Waals surface area (Å²) in [5, 5.41) is 0. The van der Waals surface area contributed by atoms with E-state index in [-0.39, 0.29) is 5.97 Å². The van der Waals surface area contributed by atoms with Gasteiger partial charge in [0.2, 0.25) is 0 Å². The largest absolute Gasteiger partial charge is 0.466 e. The van der Waals surface area contributed by atoms with Crippen LogP contribution in [-0.2, 0) is 9.53 Å². The number of methoxy groups -OCH3 is 1. The second-order valence-corrected chi connectivity index (χ2v) is 2.52. The average Bonchev–Trinajstić information content (AvgIpc) is 2.16. The van der Waals surface area contributed by atoms with Crippen molar-refractivity contribution >= 4 is 17.7 Å². The smallest absolute Gasteiger partial charge is 0.330 e. The number of nitrogens with two attached hydrogens (primary N) is 1. The van der Waals surface area contributed by atoms with Crippen molar-refractivity contribution in [3.63, 3.8) is 0 Å². The lowest BCUT2D eigenvalue weighted by atomic mass is 10.2. The van der Waals surface area contributed by atoms with Gasteiger partial charge in [0.15, 0.2) is 0 Å². The summed E-state index contributed by atoms with van der Waals surface area (Å²) in [5.41, 5.74) is 7.11. The van der Waals surface area contributed by atoms with Crippen LogP contribution in [0.2, 0.25) is 0 Å². The first-order chi connectivity index (χ1) is 6.22. The van der Waals surface area contributed by atoms with Crippen molar-refractivity contribution in [2.45, 2.75) is 0 Å². The van der Waals surface area contributed by atoms with Crippen molar-refractivity contribution in [1.29, 1.82) is 0 Å². The molecule has 0 aliphatic heterocycles. The summed E-state index contributed by atoms with van der Waals surface area (Å²) in [5.74, 6) is -0.364. The Bertz CT molecular complexity index is 314. The highest BCUT2D eigenvalue weighted by atomic mass is 16.5. The van der Waals surface area contributed by atoms with E-state index in [4.69, 9.17) is 5.73 Å². The van der Waals surface area contributed by atoms with Gasteiger partial charge in [0.05, 0.1) is 7.11 Å². The first kappa shape index (κ1) is 9.32. The molecule has 3 heteroatoms. The molecule has 68 valence electrons. The van der Waals surface area contributed by atoms with Gasteiger partial charge in [-0.15, -0.1) is 0 Å². The molecule has 0 amide bonds. The summed E-state index contributed by atoms with van der Waals surface area (Å²) in [6.45, 7) is 0. The lowest BCUT2D eigenvalue weighted by molar-refractivity contribution is -0.134. The lowest BCUT2D eigenvalue weighted by Crippen LogP contribution is -1.93. The van der Waals surface area contributed by atoms with Crippen LogP contribution in [0.5, 0.6) is 0 Å².